The molecule has 1 aromatic carbocycles. The van der Waals surface area contributed by atoms with Crippen molar-refractivity contribution >= 4 is 27.7 Å². The van der Waals surface area contributed by atoms with Crippen molar-refractivity contribution in [1.29, 1.82) is 0 Å². The van der Waals surface area contributed by atoms with E-state index < -0.39 is 5.51 Å². The van der Waals surface area contributed by atoms with Crippen LogP contribution < -0.4 is 5.73 Å². The first kappa shape index (κ1) is 15.9. The minimum Gasteiger partial charge on any atom is -0.330 e. The van der Waals surface area contributed by atoms with E-state index in [0.717, 1.165) is 16.5 Å². The van der Waals surface area contributed by atoms with Crippen LogP contribution in [-0.2, 0) is 6.42 Å². The molecule has 0 heterocycles. The predicted molar refractivity (Wildman–Crippen MR) is 73.5 cm³/mol. The van der Waals surface area contributed by atoms with Gasteiger partial charge in [-0.2, -0.15) is 13.2 Å². The summed E-state index contributed by atoms with van der Waals surface area (Å²) in [5.74, 6) is 0.169. The summed E-state index contributed by atoms with van der Waals surface area (Å²) in [5.41, 5.74) is 2.56. The second kappa shape index (κ2) is 7.40. The zero-order valence-electron chi connectivity index (χ0n) is 9.71. The molecule has 1 unspecified atom stereocenters. The summed E-state index contributed by atoms with van der Waals surface area (Å²) in [4.78, 5) is 0. The number of hydrogen-bond acceptors (Lipinski definition) is 2. The average Bonchev–Trinajstić information content (AvgIpc) is 2.29. The molecule has 0 aliphatic rings. The highest BCUT2D eigenvalue weighted by atomic mass is 79.9. The molecule has 1 rings (SSSR count). The maximum atomic E-state index is 12.0. The minimum absolute atomic E-state index is 0.0272. The Kier molecular flexibility index (Phi) is 6.52. The molecule has 102 valence electrons. The van der Waals surface area contributed by atoms with Crippen LogP contribution in [0.1, 0.15) is 12.0 Å². The van der Waals surface area contributed by atoms with E-state index in [1.54, 1.807) is 0 Å². The molecule has 6 heteroatoms. The molecule has 0 spiro atoms. The highest BCUT2D eigenvalue weighted by molar-refractivity contribution is 9.10. The van der Waals surface area contributed by atoms with Gasteiger partial charge < -0.3 is 5.73 Å². The summed E-state index contributed by atoms with van der Waals surface area (Å²) >= 11 is 3.37. The van der Waals surface area contributed by atoms with Crippen LogP contribution in [-0.4, -0.2) is 17.8 Å². The molecular formula is C12H15BrF3NS. The monoisotopic (exact) mass is 341 g/mol. The molecule has 0 aliphatic heterocycles. The lowest BCUT2D eigenvalue weighted by Crippen LogP contribution is -2.18. The van der Waals surface area contributed by atoms with Crippen molar-refractivity contribution in [1.82, 2.24) is 0 Å². The van der Waals surface area contributed by atoms with Gasteiger partial charge in [-0.05, 0) is 43.0 Å². The van der Waals surface area contributed by atoms with E-state index in [4.69, 9.17) is 5.73 Å². The van der Waals surface area contributed by atoms with Gasteiger partial charge in [-0.1, -0.05) is 39.8 Å². The Morgan fingerprint density at radius 1 is 1.22 bits per heavy atom. The fraction of sp³-hybridized carbons (Fsp3) is 0.500. The predicted octanol–water partition coefficient (Wildman–Crippen LogP) is 4.21. The first-order valence-electron chi connectivity index (χ1n) is 5.56. The van der Waals surface area contributed by atoms with Crippen LogP contribution in [0.2, 0.25) is 0 Å². The zero-order valence-corrected chi connectivity index (χ0v) is 12.1. The summed E-state index contributed by atoms with van der Waals surface area (Å²) in [6, 6.07) is 7.77. The summed E-state index contributed by atoms with van der Waals surface area (Å²) in [6.07, 6.45) is 1.21. The van der Waals surface area contributed by atoms with E-state index in [0.29, 0.717) is 13.0 Å². The fourth-order valence-corrected chi connectivity index (χ4v) is 2.55. The molecule has 1 aromatic rings. The molecule has 0 fully saturated rings. The van der Waals surface area contributed by atoms with Gasteiger partial charge in [0, 0.05) is 10.2 Å². The number of rotatable bonds is 6. The Hall–Kier alpha value is -0.200. The molecule has 1 atom stereocenters. The highest BCUT2D eigenvalue weighted by Gasteiger charge is 2.27. The smallest absolute Gasteiger partial charge is 0.330 e. The summed E-state index contributed by atoms with van der Waals surface area (Å²) in [6.45, 7) is 0.411. The molecule has 0 bridgehead atoms. The molecule has 0 aromatic heterocycles. The Bertz CT molecular complexity index is 353. The molecule has 18 heavy (non-hydrogen) atoms. The van der Waals surface area contributed by atoms with Crippen LogP contribution in [0.25, 0.3) is 0 Å². The normalized spacial score (nSPS) is 13.6. The van der Waals surface area contributed by atoms with Crippen LogP contribution >= 0.6 is 27.7 Å². The SMILES string of the molecule is NCC(CCSC(F)(F)F)Cc1ccc(Br)cc1. The number of alkyl halides is 3. The van der Waals surface area contributed by atoms with Gasteiger partial charge in [-0.15, -0.1) is 0 Å². The van der Waals surface area contributed by atoms with Gasteiger partial charge in [0.15, 0.2) is 0 Å². The van der Waals surface area contributed by atoms with E-state index in [2.05, 4.69) is 15.9 Å². The van der Waals surface area contributed by atoms with E-state index >= 15 is 0 Å². The largest absolute Gasteiger partial charge is 0.441 e. The molecule has 0 amide bonds. The third-order valence-electron chi connectivity index (χ3n) is 2.56. The number of halogens is 4. The minimum atomic E-state index is -4.14. The van der Waals surface area contributed by atoms with Crippen LogP contribution in [0.4, 0.5) is 13.2 Å². The van der Waals surface area contributed by atoms with Crippen molar-refractivity contribution in [2.45, 2.75) is 18.3 Å². The molecule has 0 aliphatic carbocycles. The topological polar surface area (TPSA) is 26.0 Å². The quantitative estimate of drug-likeness (QED) is 0.838. The van der Waals surface area contributed by atoms with Crippen molar-refractivity contribution in [2.24, 2.45) is 11.7 Å². The maximum absolute atomic E-state index is 12.0. The standard InChI is InChI=1S/C12H15BrF3NS/c13-11-3-1-9(2-4-11)7-10(8-17)5-6-18-12(14,15)16/h1-4,10H,5-8,17H2. The summed E-state index contributed by atoms with van der Waals surface area (Å²) < 4.78 is 37.0. The van der Waals surface area contributed by atoms with Gasteiger partial charge in [0.25, 0.3) is 0 Å². The number of thioether (sulfide) groups is 1. The van der Waals surface area contributed by atoms with E-state index in [1.807, 2.05) is 24.3 Å². The molecule has 1 nitrogen and oxygen atoms in total. The second-order valence-corrected chi connectivity index (χ2v) is 6.09. The van der Waals surface area contributed by atoms with Crippen molar-refractivity contribution < 1.29 is 13.2 Å². The lowest BCUT2D eigenvalue weighted by molar-refractivity contribution is -0.0328. The van der Waals surface area contributed by atoms with E-state index in [1.165, 1.54) is 0 Å². The first-order chi connectivity index (χ1) is 8.40. The van der Waals surface area contributed by atoms with Crippen molar-refractivity contribution in [3.05, 3.63) is 34.3 Å². The van der Waals surface area contributed by atoms with Gasteiger partial charge >= 0.3 is 5.51 Å². The second-order valence-electron chi connectivity index (χ2n) is 4.02. The summed E-state index contributed by atoms with van der Waals surface area (Å²) in [5, 5.41) is 0. The van der Waals surface area contributed by atoms with Crippen molar-refractivity contribution in [3.63, 3.8) is 0 Å². The third-order valence-corrected chi connectivity index (χ3v) is 3.86. The molecule has 0 saturated carbocycles. The van der Waals surface area contributed by atoms with Crippen LogP contribution in [0, 0.1) is 5.92 Å². The zero-order chi connectivity index (χ0) is 13.6. The Morgan fingerprint density at radius 3 is 2.33 bits per heavy atom. The Balaban J connectivity index is 2.40. The lowest BCUT2D eigenvalue weighted by atomic mass is 9.97. The summed E-state index contributed by atoms with van der Waals surface area (Å²) in [7, 11) is 0. The Labute approximate surface area is 117 Å². The Morgan fingerprint density at radius 2 is 1.83 bits per heavy atom. The number of hydrogen-bond donors (Lipinski definition) is 1. The van der Waals surface area contributed by atoms with Crippen LogP contribution in [0.15, 0.2) is 28.7 Å². The number of benzene rings is 1. The first-order valence-corrected chi connectivity index (χ1v) is 7.34. The molecule has 0 saturated heterocycles. The maximum Gasteiger partial charge on any atom is 0.441 e. The number of nitrogens with two attached hydrogens (primary N) is 1. The fourth-order valence-electron chi connectivity index (χ4n) is 1.60. The molecule has 2 N–H and O–H groups in total. The van der Waals surface area contributed by atoms with E-state index in [-0.39, 0.29) is 23.4 Å². The van der Waals surface area contributed by atoms with Gasteiger partial charge in [0.2, 0.25) is 0 Å². The van der Waals surface area contributed by atoms with Gasteiger partial charge in [0.05, 0.1) is 0 Å². The van der Waals surface area contributed by atoms with Gasteiger partial charge in [0.1, 0.15) is 0 Å². The van der Waals surface area contributed by atoms with Crippen LogP contribution in [0.5, 0.6) is 0 Å². The van der Waals surface area contributed by atoms with Gasteiger partial charge in [-0.3, -0.25) is 0 Å². The lowest BCUT2D eigenvalue weighted by Gasteiger charge is -2.15. The van der Waals surface area contributed by atoms with Crippen molar-refractivity contribution in [3.8, 4) is 0 Å². The van der Waals surface area contributed by atoms with Gasteiger partial charge in [-0.25, -0.2) is 0 Å². The average molecular weight is 342 g/mol. The third kappa shape index (κ3) is 6.66. The van der Waals surface area contributed by atoms with Crippen LogP contribution in [0.3, 0.4) is 0 Å². The molecule has 0 radical (unpaired) electrons. The van der Waals surface area contributed by atoms with E-state index in [9.17, 15) is 13.2 Å². The van der Waals surface area contributed by atoms with Crippen molar-refractivity contribution in [2.75, 3.05) is 12.3 Å². The highest BCUT2D eigenvalue weighted by Crippen LogP contribution is 2.31. The molecular weight excluding hydrogens is 327 g/mol.